The van der Waals surface area contributed by atoms with Crippen LogP contribution in [0.4, 0.5) is 0 Å². The summed E-state index contributed by atoms with van der Waals surface area (Å²) < 4.78 is 13.1. The summed E-state index contributed by atoms with van der Waals surface area (Å²) in [4.78, 5) is 15.8. The van der Waals surface area contributed by atoms with Gasteiger partial charge in [-0.05, 0) is 49.8 Å². The number of fused-ring (bicyclic) bond motifs is 1. The Morgan fingerprint density at radius 1 is 1.27 bits per heavy atom. The number of carbonyl (C=O) groups is 1. The first-order valence-electron chi connectivity index (χ1n) is 9.26. The molecule has 0 saturated heterocycles. The number of aliphatic carboxylic acids is 1. The number of carboxylic acid groups (broad SMARTS) is 1. The molecule has 0 bridgehead atoms. The van der Waals surface area contributed by atoms with E-state index in [0.717, 1.165) is 49.4 Å². The smallest absolute Gasteiger partial charge is 0.306 e. The van der Waals surface area contributed by atoms with Gasteiger partial charge in [0.25, 0.3) is 0 Å². The Morgan fingerprint density at radius 3 is 2.81 bits per heavy atom. The molecule has 1 N–H and O–H groups in total. The average Bonchev–Trinajstić information content (AvgIpc) is 3.30. The van der Waals surface area contributed by atoms with Gasteiger partial charge in [0.1, 0.15) is 5.82 Å². The van der Waals surface area contributed by atoms with Gasteiger partial charge in [-0.25, -0.2) is 4.98 Å². The van der Waals surface area contributed by atoms with Gasteiger partial charge < -0.3 is 19.1 Å². The predicted molar refractivity (Wildman–Crippen MR) is 95.5 cm³/mol. The van der Waals surface area contributed by atoms with Gasteiger partial charge in [-0.3, -0.25) is 4.79 Å². The van der Waals surface area contributed by atoms with E-state index in [9.17, 15) is 9.90 Å². The highest BCUT2D eigenvalue weighted by atomic mass is 16.7. The van der Waals surface area contributed by atoms with Crippen LogP contribution in [0.1, 0.15) is 56.0 Å². The van der Waals surface area contributed by atoms with Gasteiger partial charge in [-0.15, -0.1) is 0 Å². The molecule has 1 aliphatic carbocycles. The maximum absolute atomic E-state index is 11.2. The van der Waals surface area contributed by atoms with E-state index in [2.05, 4.69) is 22.5 Å². The molecule has 1 saturated carbocycles. The number of benzene rings is 1. The van der Waals surface area contributed by atoms with Crippen molar-refractivity contribution in [3.63, 3.8) is 0 Å². The lowest BCUT2D eigenvalue weighted by Gasteiger charge is -2.29. The fourth-order valence-electron chi connectivity index (χ4n) is 4.13. The van der Waals surface area contributed by atoms with Crippen LogP contribution in [0.2, 0.25) is 0 Å². The molecule has 2 aromatic rings. The summed E-state index contributed by atoms with van der Waals surface area (Å²) in [6.07, 6.45) is 8.06. The molecule has 1 unspecified atom stereocenters. The molecule has 6 nitrogen and oxygen atoms in total. The molecule has 0 spiro atoms. The minimum Gasteiger partial charge on any atom is -0.481 e. The molecule has 1 aromatic heterocycles. The lowest BCUT2D eigenvalue weighted by Crippen LogP contribution is -2.24. The van der Waals surface area contributed by atoms with Crippen molar-refractivity contribution in [1.29, 1.82) is 0 Å². The highest BCUT2D eigenvalue weighted by Gasteiger charge is 2.28. The topological polar surface area (TPSA) is 73.6 Å². The van der Waals surface area contributed by atoms with Crippen LogP contribution < -0.4 is 9.47 Å². The van der Waals surface area contributed by atoms with Crippen LogP contribution in [-0.2, 0) is 11.2 Å². The average molecular weight is 356 g/mol. The Kier molecular flexibility index (Phi) is 4.57. The van der Waals surface area contributed by atoms with Crippen LogP contribution >= 0.6 is 0 Å². The van der Waals surface area contributed by atoms with Crippen LogP contribution in [0.15, 0.2) is 30.6 Å². The fraction of sp³-hybridized carbons (Fsp3) is 0.500. The summed E-state index contributed by atoms with van der Waals surface area (Å²) in [7, 11) is 0. The molecule has 2 heterocycles. The molecule has 1 aliphatic heterocycles. The summed E-state index contributed by atoms with van der Waals surface area (Å²) in [5.41, 5.74) is 1.20. The second-order valence-corrected chi connectivity index (χ2v) is 7.33. The maximum Gasteiger partial charge on any atom is 0.306 e. The van der Waals surface area contributed by atoms with Crippen molar-refractivity contribution in [1.82, 2.24) is 9.55 Å². The second kappa shape index (κ2) is 7.02. The van der Waals surface area contributed by atoms with Gasteiger partial charge in [-0.1, -0.05) is 13.0 Å². The molecule has 1 fully saturated rings. The van der Waals surface area contributed by atoms with Crippen molar-refractivity contribution in [2.45, 2.75) is 51.0 Å². The van der Waals surface area contributed by atoms with Crippen molar-refractivity contribution in [2.75, 3.05) is 6.79 Å². The first-order valence-corrected chi connectivity index (χ1v) is 9.26. The van der Waals surface area contributed by atoms with E-state index in [1.807, 2.05) is 24.5 Å². The standard InChI is InChI=1S/C20H24N2O4/c1-13(10-14-2-7-17-18(11-14)26-12-25-17)19-21-8-9-22(19)16-5-3-15(4-6-16)20(23)24/h2,7-9,11,13,15-16H,3-6,10,12H2,1H3,(H,23,24). The Labute approximate surface area is 152 Å². The van der Waals surface area contributed by atoms with E-state index < -0.39 is 5.97 Å². The number of hydrogen-bond donors (Lipinski definition) is 1. The zero-order valence-electron chi connectivity index (χ0n) is 14.9. The van der Waals surface area contributed by atoms with Gasteiger partial charge in [0, 0.05) is 24.4 Å². The number of carboxylic acids is 1. The first-order chi connectivity index (χ1) is 12.6. The summed E-state index contributed by atoms with van der Waals surface area (Å²) in [6, 6.07) is 6.44. The number of rotatable bonds is 5. The Morgan fingerprint density at radius 2 is 2.04 bits per heavy atom. The molecule has 138 valence electrons. The maximum atomic E-state index is 11.2. The lowest BCUT2D eigenvalue weighted by atomic mass is 9.85. The summed E-state index contributed by atoms with van der Waals surface area (Å²) >= 11 is 0. The molecule has 2 aliphatic rings. The van der Waals surface area contributed by atoms with Gasteiger partial charge >= 0.3 is 5.97 Å². The normalized spacial score (nSPS) is 23.0. The summed E-state index contributed by atoms with van der Waals surface area (Å²) in [5, 5.41) is 9.19. The Hall–Kier alpha value is -2.50. The minimum absolute atomic E-state index is 0.190. The lowest BCUT2D eigenvalue weighted by molar-refractivity contribution is -0.143. The van der Waals surface area contributed by atoms with Crippen LogP contribution in [0.25, 0.3) is 0 Å². The van der Waals surface area contributed by atoms with E-state index in [4.69, 9.17) is 9.47 Å². The van der Waals surface area contributed by atoms with Crippen molar-refractivity contribution in [3.8, 4) is 11.5 Å². The minimum atomic E-state index is -0.662. The monoisotopic (exact) mass is 356 g/mol. The molecule has 0 radical (unpaired) electrons. The molecule has 26 heavy (non-hydrogen) atoms. The molecule has 6 heteroatoms. The molecule has 1 aromatic carbocycles. The van der Waals surface area contributed by atoms with Crippen LogP contribution in [0, 0.1) is 5.92 Å². The number of aromatic nitrogens is 2. The van der Waals surface area contributed by atoms with E-state index in [0.29, 0.717) is 6.04 Å². The molecular formula is C20H24N2O4. The van der Waals surface area contributed by atoms with Crippen LogP contribution in [-0.4, -0.2) is 27.4 Å². The molecule has 0 amide bonds. The third-order valence-corrected chi connectivity index (χ3v) is 5.56. The SMILES string of the molecule is CC(Cc1ccc2c(c1)OCO2)c1nccn1C1CCC(C(=O)O)CC1. The predicted octanol–water partition coefficient (Wildman–Crippen LogP) is 3.77. The van der Waals surface area contributed by atoms with Crippen molar-refractivity contribution < 1.29 is 19.4 Å². The van der Waals surface area contributed by atoms with Crippen LogP contribution in [0.3, 0.4) is 0 Å². The van der Waals surface area contributed by atoms with Gasteiger partial charge in [0.15, 0.2) is 11.5 Å². The van der Waals surface area contributed by atoms with Gasteiger partial charge in [0.05, 0.1) is 5.92 Å². The highest BCUT2D eigenvalue weighted by molar-refractivity contribution is 5.70. The number of imidazole rings is 1. The summed E-state index contributed by atoms with van der Waals surface area (Å²) in [6.45, 7) is 2.48. The second-order valence-electron chi connectivity index (χ2n) is 7.33. The largest absolute Gasteiger partial charge is 0.481 e. The van der Waals surface area contributed by atoms with Crippen molar-refractivity contribution in [2.24, 2.45) is 5.92 Å². The molecular weight excluding hydrogens is 332 g/mol. The summed E-state index contributed by atoms with van der Waals surface area (Å²) in [5.74, 6) is 2.10. The third-order valence-electron chi connectivity index (χ3n) is 5.56. The van der Waals surface area contributed by atoms with Crippen molar-refractivity contribution in [3.05, 3.63) is 42.0 Å². The van der Waals surface area contributed by atoms with E-state index in [1.165, 1.54) is 5.56 Å². The molecule has 4 rings (SSSR count). The number of ether oxygens (including phenoxy) is 2. The highest BCUT2D eigenvalue weighted by Crippen LogP contribution is 2.36. The number of hydrogen-bond acceptors (Lipinski definition) is 4. The van der Waals surface area contributed by atoms with E-state index in [1.54, 1.807) is 0 Å². The van der Waals surface area contributed by atoms with Crippen molar-refractivity contribution >= 4 is 5.97 Å². The zero-order chi connectivity index (χ0) is 18.1. The fourth-order valence-corrected chi connectivity index (χ4v) is 4.13. The van der Waals surface area contributed by atoms with E-state index in [-0.39, 0.29) is 18.6 Å². The Balaban J connectivity index is 1.45. The van der Waals surface area contributed by atoms with Gasteiger partial charge in [0.2, 0.25) is 6.79 Å². The number of nitrogens with zero attached hydrogens (tertiary/aromatic N) is 2. The molecule has 1 atom stereocenters. The first kappa shape index (κ1) is 16.9. The zero-order valence-corrected chi connectivity index (χ0v) is 14.9. The quantitative estimate of drug-likeness (QED) is 0.883. The van der Waals surface area contributed by atoms with E-state index >= 15 is 0 Å². The Bertz CT molecular complexity index is 793. The third kappa shape index (κ3) is 3.28. The van der Waals surface area contributed by atoms with Crippen LogP contribution in [0.5, 0.6) is 11.5 Å². The van der Waals surface area contributed by atoms with Gasteiger partial charge in [-0.2, -0.15) is 0 Å².